The predicted octanol–water partition coefficient (Wildman–Crippen LogP) is 1.09. The fourth-order valence-electron chi connectivity index (χ4n) is 1.19. The van der Waals surface area contributed by atoms with Gasteiger partial charge in [0, 0.05) is 11.5 Å². The Morgan fingerprint density at radius 2 is 2.33 bits per heavy atom. The van der Waals surface area contributed by atoms with Gasteiger partial charge in [0.1, 0.15) is 0 Å². The second-order valence-corrected chi connectivity index (χ2v) is 2.80. The number of carboxylic acids is 1. The summed E-state index contributed by atoms with van der Waals surface area (Å²) >= 11 is 0. The summed E-state index contributed by atoms with van der Waals surface area (Å²) in [5.41, 5.74) is 0.707. The number of nitrogens with one attached hydrogen (secondary N) is 1. The number of fused-ring (bicyclic) bond motifs is 1. The Bertz CT molecular complexity index is 532. The molecule has 76 valence electrons. The van der Waals surface area contributed by atoms with Crippen LogP contribution in [0, 0.1) is 0 Å². The first-order chi connectivity index (χ1) is 7.20. The van der Waals surface area contributed by atoms with Crippen LogP contribution >= 0.6 is 0 Å². The van der Waals surface area contributed by atoms with E-state index in [1.807, 2.05) is 0 Å². The molecule has 2 N–H and O–H groups in total. The first-order valence-corrected chi connectivity index (χ1v) is 4.04. The molecule has 0 aliphatic rings. The van der Waals surface area contributed by atoms with Gasteiger partial charge >= 0.3 is 5.97 Å². The van der Waals surface area contributed by atoms with Gasteiger partial charge in [0.05, 0.1) is 11.9 Å². The van der Waals surface area contributed by atoms with Gasteiger partial charge in [0.25, 0.3) is 0 Å². The minimum absolute atomic E-state index is 0.180. The van der Waals surface area contributed by atoms with Crippen LogP contribution in [0.1, 0.15) is 10.6 Å². The monoisotopic (exact) mass is 206 g/mol. The third-order valence-electron chi connectivity index (χ3n) is 1.81. The minimum Gasteiger partial charge on any atom is -0.475 e. The summed E-state index contributed by atoms with van der Waals surface area (Å²) in [5, 5.41) is 11.6. The van der Waals surface area contributed by atoms with Crippen LogP contribution in [-0.4, -0.2) is 22.5 Å². The molecule has 0 bridgehead atoms. The number of rotatable bonds is 3. The highest BCUT2D eigenvalue weighted by Gasteiger charge is 2.11. The molecule has 6 nitrogen and oxygen atoms in total. The van der Waals surface area contributed by atoms with Gasteiger partial charge < -0.3 is 14.8 Å². The average Bonchev–Trinajstić information content (AvgIpc) is 2.61. The van der Waals surface area contributed by atoms with Crippen molar-refractivity contribution in [2.45, 2.75) is 0 Å². The molecule has 0 radical (unpaired) electrons. The van der Waals surface area contributed by atoms with Crippen LogP contribution in [0.4, 0.5) is 5.69 Å². The molecule has 15 heavy (non-hydrogen) atoms. The number of anilines is 1. The molecule has 0 aliphatic heterocycles. The summed E-state index contributed by atoms with van der Waals surface area (Å²) in [6.07, 6.45) is 1.90. The van der Waals surface area contributed by atoms with Crippen molar-refractivity contribution in [3.8, 4) is 0 Å². The van der Waals surface area contributed by atoms with Crippen LogP contribution in [0.3, 0.4) is 0 Å². The molecule has 0 spiro atoms. The van der Waals surface area contributed by atoms with E-state index in [9.17, 15) is 9.59 Å². The number of carboxylic acid groups (broad SMARTS) is 1. The van der Waals surface area contributed by atoms with Crippen LogP contribution in [0.25, 0.3) is 11.1 Å². The highest BCUT2D eigenvalue weighted by Crippen LogP contribution is 2.20. The summed E-state index contributed by atoms with van der Waals surface area (Å²) in [4.78, 5) is 24.6. The molecule has 0 saturated carbocycles. The van der Waals surface area contributed by atoms with Crippen molar-refractivity contribution >= 4 is 29.2 Å². The molecule has 1 amide bonds. The van der Waals surface area contributed by atoms with Gasteiger partial charge in [-0.1, -0.05) is 0 Å². The predicted molar refractivity (Wildman–Crippen MR) is 50.7 cm³/mol. The maximum absolute atomic E-state index is 10.6. The first-order valence-electron chi connectivity index (χ1n) is 4.04. The summed E-state index contributed by atoms with van der Waals surface area (Å²) in [6.45, 7) is 0. The zero-order valence-electron chi connectivity index (χ0n) is 7.43. The molecule has 0 atom stereocenters. The van der Waals surface area contributed by atoms with E-state index >= 15 is 0 Å². The highest BCUT2D eigenvalue weighted by molar-refractivity contribution is 5.91. The number of nitrogens with zero attached hydrogens (tertiary/aromatic N) is 1. The van der Waals surface area contributed by atoms with E-state index in [0.717, 1.165) is 0 Å². The van der Waals surface area contributed by atoms with E-state index < -0.39 is 5.97 Å². The lowest BCUT2D eigenvalue weighted by Crippen LogP contribution is -1.93. The summed E-state index contributed by atoms with van der Waals surface area (Å²) in [5.74, 6) is -1.33. The van der Waals surface area contributed by atoms with E-state index in [1.54, 1.807) is 6.07 Å². The maximum atomic E-state index is 10.6. The second-order valence-electron chi connectivity index (χ2n) is 2.80. The Hall–Kier alpha value is -2.37. The molecule has 0 aromatic carbocycles. The van der Waals surface area contributed by atoms with Crippen molar-refractivity contribution in [2.24, 2.45) is 0 Å². The van der Waals surface area contributed by atoms with Gasteiger partial charge in [0.15, 0.2) is 0 Å². The second kappa shape index (κ2) is 3.41. The van der Waals surface area contributed by atoms with Gasteiger partial charge in [-0.3, -0.25) is 4.79 Å². The first kappa shape index (κ1) is 9.20. The Balaban J connectivity index is 2.51. The van der Waals surface area contributed by atoms with Crippen molar-refractivity contribution in [2.75, 3.05) is 5.32 Å². The van der Waals surface area contributed by atoms with E-state index in [4.69, 9.17) is 9.52 Å². The van der Waals surface area contributed by atoms with E-state index in [1.165, 1.54) is 12.3 Å². The number of carbonyl (C=O) groups excluding carboxylic acids is 1. The molecule has 2 aromatic heterocycles. The van der Waals surface area contributed by atoms with E-state index in [-0.39, 0.29) is 11.5 Å². The van der Waals surface area contributed by atoms with Gasteiger partial charge in [0.2, 0.25) is 17.9 Å². The molecule has 2 heterocycles. The van der Waals surface area contributed by atoms with Crippen LogP contribution in [-0.2, 0) is 4.79 Å². The van der Waals surface area contributed by atoms with Crippen LogP contribution in [0.15, 0.2) is 22.7 Å². The zero-order chi connectivity index (χ0) is 10.8. The number of amides is 1. The summed E-state index contributed by atoms with van der Waals surface area (Å²) in [6, 6.07) is 2.92. The van der Waals surface area contributed by atoms with Gasteiger partial charge in [-0.05, 0) is 6.07 Å². The Morgan fingerprint density at radius 3 is 3.00 bits per heavy atom. The SMILES string of the molecule is O=CNc1cnc2oc(C(=O)O)cc2c1. The fourth-order valence-corrected chi connectivity index (χ4v) is 1.19. The van der Waals surface area contributed by atoms with Crippen molar-refractivity contribution in [3.63, 3.8) is 0 Å². The lowest BCUT2D eigenvalue weighted by molar-refractivity contribution is -0.105. The standard InChI is InChI=1S/C9H6N2O4/c12-4-11-6-1-5-2-7(9(13)14)15-8(5)10-3-6/h1-4H,(H,11,12)(H,13,14). The number of furan rings is 1. The quantitative estimate of drug-likeness (QED) is 0.733. The third-order valence-corrected chi connectivity index (χ3v) is 1.81. The highest BCUT2D eigenvalue weighted by atomic mass is 16.4. The lowest BCUT2D eigenvalue weighted by atomic mass is 10.3. The average molecular weight is 206 g/mol. The lowest BCUT2D eigenvalue weighted by Gasteiger charge is -1.95. The normalized spacial score (nSPS) is 10.1. The molecule has 2 rings (SSSR count). The molecular formula is C9H6N2O4. The van der Waals surface area contributed by atoms with Crippen molar-refractivity contribution < 1.29 is 19.1 Å². The minimum atomic E-state index is -1.15. The molecule has 0 saturated heterocycles. The van der Waals surface area contributed by atoms with Crippen LogP contribution in [0.2, 0.25) is 0 Å². The number of hydrogen-bond donors (Lipinski definition) is 2. The Kier molecular flexibility index (Phi) is 2.09. The number of pyridine rings is 1. The van der Waals surface area contributed by atoms with Gasteiger partial charge in [-0.25, -0.2) is 9.78 Å². The molecular weight excluding hydrogens is 200 g/mol. The van der Waals surface area contributed by atoms with E-state index in [0.29, 0.717) is 17.5 Å². The number of aromatic carboxylic acids is 1. The zero-order valence-corrected chi connectivity index (χ0v) is 7.43. The maximum Gasteiger partial charge on any atom is 0.371 e. The third kappa shape index (κ3) is 1.64. The molecule has 2 aromatic rings. The largest absolute Gasteiger partial charge is 0.475 e. The Labute approximate surface area is 83.5 Å². The molecule has 0 aliphatic carbocycles. The van der Waals surface area contributed by atoms with Gasteiger partial charge in [-0.2, -0.15) is 0 Å². The van der Waals surface area contributed by atoms with Crippen LogP contribution in [0.5, 0.6) is 0 Å². The Morgan fingerprint density at radius 1 is 1.53 bits per heavy atom. The summed E-state index contributed by atoms with van der Waals surface area (Å²) in [7, 11) is 0. The smallest absolute Gasteiger partial charge is 0.371 e. The van der Waals surface area contributed by atoms with Crippen molar-refractivity contribution in [1.29, 1.82) is 0 Å². The number of aromatic nitrogens is 1. The van der Waals surface area contributed by atoms with Gasteiger partial charge in [-0.15, -0.1) is 0 Å². The molecule has 0 fully saturated rings. The number of hydrogen-bond acceptors (Lipinski definition) is 4. The number of carbonyl (C=O) groups is 2. The molecule has 0 unspecified atom stereocenters. The topological polar surface area (TPSA) is 92.4 Å². The van der Waals surface area contributed by atoms with E-state index in [2.05, 4.69) is 10.3 Å². The van der Waals surface area contributed by atoms with Crippen LogP contribution < -0.4 is 5.32 Å². The molecule has 6 heteroatoms. The van der Waals surface area contributed by atoms with Crippen molar-refractivity contribution in [3.05, 3.63) is 24.1 Å². The van der Waals surface area contributed by atoms with Crippen molar-refractivity contribution in [1.82, 2.24) is 4.98 Å². The fraction of sp³-hybridized carbons (Fsp3) is 0. The summed E-state index contributed by atoms with van der Waals surface area (Å²) < 4.78 is 4.94.